The number of hydrogen-bond acceptors (Lipinski definition) is 6. The molecular weight excluding hydrogens is 486 g/mol. The van der Waals surface area contributed by atoms with E-state index in [1.807, 2.05) is 10.8 Å². The van der Waals surface area contributed by atoms with Gasteiger partial charge in [-0.05, 0) is 23.8 Å². The molecule has 1 aromatic heterocycles. The first kappa shape index (κ1) is 25.1. The fourth-order valence-corrected chi connectivity index (χ4v) is 4.66. The molecule has 3 aromatic rings. The number of imidazole rings is 1. The zero-order valence-corrected chi connectivity index (χ0v) is 20.9. The van der Waals surface area contributed by atoms with Crippen LogP contribution in [0.15, 0.2) is 60.7 Å². The van der Waals surface area contributed by atoms with Crippen LogP contribution in [-0.4, -0.2) is 49.4 Å². The number of aryl methyl sites for hydroxylation is 1. The van der Waals surface area contributed by atoms with E-state index < -0.39 is 23.5 Å². The van der Waals surface area contributed by atoms with Gasteiger partial charge in [-0.15, -0.1) is 0 Å². The highest BCUT2D eigenvalue weighted by molar-refractivity contribution is 6.46. The standard InChI is InChI=1S/C26H26ClN3O6/c1-34-19-9-8-16(14-18(19)27)23(31)21-22(17-6-4-7-20(35-2)25(17)36-3)30(26(33)24(21)32)12-5-11-29-13-10-28-15-29/h4,6-10,13-15,22H,5,11-12H2,1-3H3,(H,31,32). The topological polar surface area (TPSA) is 108 Å². The normalized spacial score (nSPS) is 16.9. The third-order valence-electron chi connectivity index (χ3n) is 6.09. The lowest BCUT2D eigenvalue weighted by atomic mass is 9.94. The van der Waals surface area contributed by atoms with E-state index >= 15 is 0 Å². The van der Waals surface area contributed by atoms with Crippen molar-refractivity contribution in [1.29, 1.82) is 0 Å². The minimum atomic E-state index is -0.959. The van der Waals surface area contributed by atoms with Crippen molar-refractivity contribution in [1.82, 2.24) is 9.88 Å². The number of Topliss-reactive ketones (excluding diaryl/α,β-unsaturated/α-hetero) is 1. The van der Waals surface area contributed by atoms with Crippen LogP contribution in [0.5, 0.6) is 17.2 Å². The van der Waals surface area contributed by atoms with Crippen molar-refractivity contribution in [3.63, 3.8) is 0 Å². The van der Waals surface area contributed by atoms with Gasteiger partial charge in [-0.1, -0.05) is 35.6 Å². The second-order valence-corrected chi connectivity index (χ2v) is 8.52. The summed E-state index contributed by atoms with van der Waals surface area (Å²) in [5.41, 5.74) is 0.490. The van der Waals surface area contributed by atoms with Gasteiger partial charge < -0.3 is 24.2 Å². The summed E-state index contributed by atoms with van der Waals surface area (Å²) >= 11 is 6.24. The molecule has 1 amide bonds. The Labute approximate surface area is 213 Å². The van der Waals surface area contributed by atoms with Gasteiger partial charge in [-0.3, -0.25) is 14.6 Å². The molecular formula is C26H26ClN3O6. The van der Waals surface area contributed by atoms with E-state index in [0.29, 0.717) is 35.8 Å². The van der Waals surface area contributed by atoms with Crippen molar-refractivity contribution in [3.05, 3.63) is 76.8 Å². The van der Waals surface area contributed by atoms with Gasteiger partial charge in [-0.2, -0.15) is 0 Å². The number of aromatic nitrogens is 2. The highest BCUT2D eigenvalue weighted by atomic mass is 35.5. The van der Waals surface area contributed by atoms with Gasteiger partial charge in [0.05, 0.1) is 38.9 Å². The number of nitrogens with zero attached hydrogens (tertiary/aromatic N) is 2. The van der Waals surface area contributed by atoms with Gasteiger partial charge in [0.15, 0.2) is 11.5 Å². The molecule has 1 atom stereocenters. The van der Waals surface area contributed by atoms with Gasteiger partial charge in [0.25, 0.3) is 5.91 Å². The monoisotopic (exact) mass is 511 g/mol. The maximum Gasteiger partial charge on any atom is 0.295 e. The molecule has 1 N–H and O–H groups in total. The SMILES string of the molecule is COc1ccc(/C([O-])=C2\C(=O)C(=O)N(CCC[n+]3cc[nH]c3)C2c2cccc(OC)c2OC)cc1Cl. The number of ether oxygens (including phenoxy) is 3. The highest BCUT2D eigenvalue weighted by Crippen LogP contribution is 2.45. The van der Waals surface area contributed by atoms with Crippen molar-refractivity contribution >= 4 is 29.1 Å². The molecule has 1 aliphatic heterocycles. The number of aromatic amines is 1. The summed E-state index contributed by atoms with van der Waals surface area (Å²) in [6.45, 7) is 0.856. The van der Waals surface area contributed by atoms with Crippen molar-refractivity contribution in [2.45, 2.75) is 19.0 Å². The van der Waals surface area contributed by atoms with Crippen LogP contribution >= 0.6 is 11.6 Å². The predicted molar refractivity (Wildman–Crippen MR) is 130 cm³/mol. The van der Waals surface area contributed by atoms with Crippen LogP contribution in [0.25, 0.3) is 5.76 Å². The Hall–Kier alpha value is -3.98. The lowest BCUT2D eigenvalue weighted by molar-refractivity contribution is -0.695. The number of hydrogen-bond donors (Lipinski definition) is 1. The molecule has 1 fully saturated rings. The Morgan fingerprint density at radius 1 is 1.11 bits per heavy atom. The van der Waals surface area contributed by atoms with Gasteiger partial charge in [0.2, 0.25) is 12.1 Å². The third kappa shape index (κ3) is 4.61. The molecule has 36 heavy (non-hydrogen) atoms. The largest absolute Gasteiger partial charge is 0.872 e. The number of benzene rings is 2. The van der Waals surface area contributed by atoms with Crippen LogP contribution in [0.2, 0.25) is 5.02 Å². The Bertz CT molecular complexity index is 1310. The van der Waals surface area contributed by atoms with Crippen molar-refractivity contribution < 1.29 is 33.5 Å². The van der Waals surface area contributed by atoms with E-state index in [2.05, 4.69) is 4.98 Å². The molecule has 2 heterocycles. The summed E-state index contributed by atoms with van der Waals surface area (Å²) in [6, 6.07) is 8.69. The molecule has 9 nitrogen and oxygen atoms in total. The molecule has 188 valence electrons. The van der Waals surface area contributed by atoms with E-state index in [9.17, 15) is 14.7 Å². The molecule has 0 radical (unpaired) electrons. The molecule has 1 saturated heterocycles. The number of likely N-dealkylation sites (tertiary alicyclic amines) is 1. The summed E-state index contributed by atoms with van der Waals surface area (Å²) in [6.07, 6.45) is 6.02. The molecule has 1 aliphatic rings. The lowest BCUT2D eigenvalue weighted by Crippen LogP contribution is -2.36. The van der Waals surface area contributed by atoms with Crippen LogP contribution < -0.4 is 23.9 Å². The molecule has 2 aromatic carbocycles. The van der Waals surface area contributed by atoms with E-state index in [0.717, 1.165) is 0 Å². The number of carbonyl (C=O) groups is 2. The predicted octanol–water partition coefficient (Wildman–Crippen LogP) is 2.30. The Morgan fingerprint density at radius 3 is 2.53 bits per heavy atom. The summed E-state index contributed by atoms with van der Waals surface area (Å²) < 4.78 is 18.1. The minimum Gasteiger partial charge on any atom is -0.872 e. The Kier molecular flexibility index (Phi) is 7.49. The van der Waals surface area contributed by atoms with Crippen LogP contribution in [-0.2, 0) is 16.1 Å². The summed E-state index contributed by atoms with van der Waals surface area (Å²) in [4.78, 5) is 30.9. The van der Waals surface area contributed by atoms with Crippen LogP contribution in [0.3, 0.4) is 0 Å². The number of methoxy groups -OCH3 is 3. The first-order valence-electron chi connectivity index (χ1n) is 11.2. The molecule has 0 aliphatic carbocycles. The maximum absolute atomic E-state index is 13.7. The second kappa shape index (κ2) is 10.7. The van der Waals surface area contributed by atoms with Crippen LogP contribution in [0.1, 0.15) is 23.6 Å². The van der Waals surface area contributed by atoms with E-state index in [-0.39, 0.29) is 22.7 Å². The number of nitrogens with one attached hydrogen (secondary N) is 1. The first-order valence-corrected chi connectivity index (χ1v) is 11.6. The number of para-hydroxylation sites is 1. The fraction of sp³-hybridized carbons (Fsp3) is 0.269. The summed E-state index contributed by atoms with van der Waals surface area (Å²) in [5, 5.41) is 13.9. The highest BCUT2D eigenvalue weighted by Gasteiger charge is 2.45. The third-order valence-corrected chi connectivity index (χ3v) is 6.38. The van der Waals surface area contributed by atoms with Crippen LogP contribution in [0, 0.1) is 0 Å². The molecule has 0 bridgehead atoms. The zero-order chi connectivity index (χ0) is 25.8. The van der Waals surface area contributed by atoms with Gasteiger partial charge in [0.1, 0.15) is 18.1 Å². The number of ketones is 1. The number of halogens is 1. The average molecular weight is 512 g/mol. The quantitative estimate of drug-likeness (QED) is 0.204. The zero-order valence-electron chi connectivity index (χ0n) is 20.1. The van der Waals surface area contributed by atoms with Gasteiger partial charge in [-0.25, -0.2) is 4.57 Å². The van der Waals surface area contributed by atoms with E-state index in [1.54, 1.807) is 36.8 Å². The Morgan fingerprint density at radius 2 is 1.89 bits per heavy atom. The number of rotatable bonds is 9. The second-order valence-electron chi connectivity index (χ2n) is 8.11. The first-order chi connectivity index (χ1) is 17.4. The number of amides is 1. The maximum atomic E-state index is 13.7. The van der Waals surface area contributed by atoms with Crippen molar-refractivity contribution in [2.24, 2.45) is 0 Å². The smallest absolute Gasteiger partial charge is 0.295 e. The molecule has 10 heteroatoms. The van der Waals surface area contributed by atoms with E-state index in [4.69, 9.17) is 25.8 Å². The molecule has 0 spiro atoms. The van der Waals surface area contributed by atoms with Crippen molar-refractivity contribution in [3.8, 4) is 17.2 Å². The van der Waals surface area contributed by atoms with Gasteiger partial charge in [0, 0.05) is 24.1 Å². The molecule has 1 unspecified atom stereocenters. The number of H-pyrrole nitrogens is 1. The number of carbonyl (C=O) groups excluding carboxylic acids is 2. The molecule has 0 saturated carbocycles. The van der Waals surface area contributed by atoms with Crippen molar-refractivity contribution in [2.75, 3.05) is 27.9 Å². The van der Waals surface area contributed by atoms with Gasteiger partial charge >= 0.3 is 0 Å². The fourth-order valence-electron chi connectivity index (χ4n) is 4.40. The molecule has 4 rings (SSSR count). The Balaban J connectivity index is 1.83. The summed E-state index contributed by atoms with van der Waals surface area (Å²) in [7, 11) is 4.43. The summed E-state index contributed by atoms with van der Waals surface area (Å²) in [5.74, 6) is -1.03. The van der Waals surface area contributed by atoms with Crippen LogP contribution in [0.4, 0.5) is 0 Å². The lowest BCUT2D eigenvalue weighted by Gasteiger charge is -2.29. The van der Waals surface area contributed by atoms with E-state index in [1.165, 1.54) is 38.4 Å². The minimum absolute atomic E-state index is 0.165. The average Bonchev–Trinajstić information content (AvgIpc) is 3.50.